The standard InChI is InChI=1S/C19H19BrN6O3S.C2H6/c1-11-4-3-5-15(16(11)17(21)27)25-18-14(20)10-23-19(26-18)24-12-6-8-13(9-7-12)30(28,29)22-2;1-2/h3-10,22H,1-2H3,(H2,21,27)(H2,23,24,25,26);1-2H3. The van der Waals surface area contributed by atoms with Crippen LogP contribution in [0.25, 0.3) is 0 Å². The molecular weight excluding hydrogens is 496 g/mol. The second-order valence-corrected chi connectivity index (χ2v) is 8.97. The van der Waals surface area contributed by atoms with Gasteiger partial charge in [0.2, 0.25) is 16.0 Å². The molecule has 0 unspecified atom stereocenters. The number of hydrogen-bond acceptors (Lipinski definition) is 7. The number of carbonyl (C=O) groups is 1. The Balaban J connectivity index is 0.00000176. The molecule has 0 aliphatic heterocycles. The van der Waals surface area contributed by atoms with Crippen LogP contribution in [0, 0.1) is 6.92 Å². The number of aromatic nitrogens is 2. The molecule has 170 valence electrons. The zero-order valence-corrected chi connectivity index (χ0v) is 20.5. The lowest BCUT2D eigenvalue weighted by Crippen LogP contribution is -2.18. The fourth-order valence-electron chi connectivity index (χ4n) is 2.71. The Hall–Kier alpha value is -3.02. The molecule has 0 spiro atoms. The number of nitrogens with two attached hydrogens (primary N) is 1. The third-order valence-corrected chi connectivity index (χ3v) is 6.22. The molecule has 0 aliphatic carbocycles. The average molecular weight is 521 g/mol. The number of aryl methyl sites for hydroxylation is 1. The summed E-state index contributed by atoms with van der Waals surface area (Å²) in [6, 6.07) is 11.5. The molecule has 3 aromatic rings. The van der Waals surface area contributed by atoms with Crippen molar-refractivity contribution in [2.24, 2.45) is 5.73 Å². The number of amides is 1. The number of nitrogens with zero attached hydrogens (tertiary/aromatic N) is 2. The van der Waals surface area contributed by atoms with Gasteiger partial charge in [0.15, 0.2) is 0 Å². The first kappa shape index (κ1) is 25.2. The van der Waals surface area contributed by atoms with Gasteiger partial charge in [0, 0.05) is 11.9 Å². The summed E-state index contributed by atoms with van der Waals surface area (Å²) in [5.41, 5.74) is 7.75. The first-order chi connectivity index (χ1) is 15.2. The van der Waals surface area contributed by atoms with Gasteiger partial charge in [-0.15, -0.1) is 0 Å². The van der Waals surface area contributed by atoms with Gasteiger partial charge in [0.05, 0.1) is 20.6 Å². The molecule has 0 saturated heterocycles. The highest BCUT2D eigenvalue weighted by molar-refractivity contribution is 9.10. The number of sulfonamides is 1. The predicted octanol–water partition coefficient (Wildman–Crippen LogP) is 4.07. The maximum atomic E-state index is 11.8. The van der Waals surface area contributed by atoms with E-state index in [1.54, 1.807) is 43.5 Å². The number of rotatable bonds is 7. The number of carbonyl (C=O) groups excluding carboxylic acids is 1. The molecule has 1 aromatic heterocycles. The molecule has 32 heavy (non-hydrogen) atoms. The first-order valence-electron chi connectivity index (χ1n) is 9.71. The third-order valence-electron chi connectivity index (χ3n) is 4.21. The molecule has 5 N–H and O–H groups in total. The summed E-state index contributed by atoms with van der Waals surface area (Å²) < 4.78 is 26.5. The molecular formula is C21H25BrN6O3S. The van der Waals surface area contributed by atoms with E-state index in [-0.39, 0.29) is 10.8 Å². The van der Waals surface area contributed by atoms with Crippen molar-refractivity contribution in [3.05, 3.63) is 64.3 Å². The van der Waals surface area contributed by atoms with E-state index in [0.29, 0.717) is 27.2 Å². The van der Waals surface area contributed by atoms with Gasteiger partial charge in [0.25, 0.3) is 5.91 Å². The van der Waals surface area contributed by atoms with E-state index in [4.69, 9.17) is 5.73 Å². The summed E-state index contributed by atoms with van der Waals surface area (Å²) in [6.45, 7) is 5.80. The largest absolute Gasteiger partial charge is 0.366 e. The van der Waals surface area contributed by atoms with Gasteiger partial charge >= 0.3 is 0 Å². The lowest BCUT2D eigenvalue weighted by Gasteiger charge is -2.14. The van der Waals surface area contributed by atoms with Crippen molar-refractivity contribution in [2.75, 3.05) is 17.7 Å². The zero-order chi connectivity index (χ0) is 23.9. The third kappa shape index (κ3) is 6.02. The van der Waals surface area contributed by atoms with Crippen LogP contribution < -0.4 is 21.1 Å². The van der Waals surface area contributed by atoms with Gasteiger partial charge in [-0.2, -0.15) is 4.98 Å². The Morgan fingerprint density at radius 1 is 1.06 bits per heavy atom. The molecule has 0 aliphatic rings. The lowest BCUT2D eigenvalue weighted by atomic mass is 10.1. The van der Waals surface area contributed by atoms with Gasteiger partial charge < -0.3 is 16.4 Å². The van der Waals surface area contributed by atoms with Crippen molar-refractivity contribution in [1.29, 1.82) is 0 Å². The van der Waals surface area contributed by atoms with Crippen molar-refractivity contribution in [1.82, 2.24) is 14.7 Å². The van der Waals surface area contributed by atoms with Gasteiger partial charge in [0.1, 0.15) is 5.82 Å². The SMILES string of the molecule is CC.CNS(=O)(=O)c1ccc(Nc2ncc(Br)c(Nc3cccc(C)c3C(N)=O)n2)cc1. The summed E-state index contributed by atoms with van der Waals surface area (Å²) >= 11 is 3.39. The van der Waals surface area contributed by atoms with Crippen molar-refractivity contribution in [3.63, 3.8) is 0 Å². The van der Waals surface area contributed by atoms with Crippen LogP contribution in [0.2, 0.25) is 0 Å². The molecule has 9 nitrogen and oxygen atoms in total. The minimum Gasteiger partial charge on any atom is -0.366 e. The van der Waals surface area contributed by atoms with Crippen molar-refractivity contribution in [2.45, 2.75) is 25.7 Å². The molecule has 3 rings (SSSR count). The topological polar surface area (TPSA) is 139 Å². The smallest absolute Gasteiger partial charge is 0.251 e. The Bertz CT molecular complexity index is 1200. The van der Waals surface area contributed by atoms with Gasteiger partial charge in [-0.05, 0) is 65.8 Å². The van der Waals surface area contributed by atoms with Crippen LogP contribution in [0.5, 0.6) is 0 Å². The van der Waals surface area contributed by atoms with Crippen LogP contribution in [0.4, 0.5) is 23.1 Å². The maximum Gasteiger partial charge on any atom is 0.251 e. The molecule has 0 atom stereocenters. The number of halogens is 1. The van der Waals surface area contributed by atoms with E-state index in [1.165, 1.54) is 19.2 Å². The average Bonchev–Trinajstić information content (AvgIpc) is 2.77. The van der Waals surface area contributed by atoms with E-state index < -0.39 is 15.9 Å². The number of hydrogen-bond donors (Lipinski definition) is 4. The Kier molecular flexibility index (Phi) is 8.70. The quantitative estimate of drug-likeness (QED) is 0.368. The Morgan fingerprint density at radius 3 is 2.31 bits per heavy atom. The van der Waals surface area contributed by atoms with E-state index in [1.807, 2.05) is 13.8 Å². The maximum absolute atomic E-state index is 11.8. The van der Waals surface area contributed by atoms with Crippen LogP contribution in [-0.2, 0) is 10.0 Å². The zero-order valence-electron chi connectivity index (χ0n) is 18.1. The van der Waals surface area contributed by atoms with E-state index >= 15 is 0 Å². The minimum absolute atomic E-state index is 0.146. The molecule has 0 fully saturated rings. The summed E-state index contributed by atoms with van der Waals surface area (Å²) in [6.07, 6.45) is 1.55. The van der Waals surface area contributed by atoms with Crippen LogP contribution in [0.1, 0.15) is 29.8 Å². The second-order valence-electron chi connectivity index (χ2n) is 6.23. The van der Waals surface area contributed by atoms with E-state index in [0.717, 1.165) is 5.56 Å². The van der Waals surface area contributed by atoms with E-state index in [9.17, 15) is 13.2 Å². The number of nitrogens with one attached hydrogen (secondary N) is 3. The minimum atomic E-state index is -3.51. The number of benzene rings is 2. The fourth-order valence-corrected chi connectivity index (χ4v) is 3.73. The number of primary amides is 1. The second kappa shape index (κ2) is 11.0. The van der Waals surface area contributed by atoms with E-state index in [2.05, 4.69) is 41.3 Å². The Morgan fingerprint density at radius 2 is 1.72 bits per heavy atom. The summed E-state index contributed by atoms with van der Waals surface area (Å²) in [4.78, 5) is 20.6. The normalized spacial score (nSPS) is 10.7. The molecule has 1 amide bonds. The summed E-state index contributed by atoms with van der Waals surface area (Å²) in [7, 11) is -2.16. The van der Waals surface area contributed by atoms with Crippen LogP contribution >= 0.6 is 15.9 Å². The fraction of sp³-hybridized carbons (Fsp3) is 0.190. The monoisotopic (exact) mass is 520 g/mol. The first-order valence-corrected chi connectivity index (χ1v) is 12.0. The highest BCUT2D eigenvalue weighted by Crippen LogP contribution is 2.28. The highest BCUT2D eigenvalue weighted by atomic mass is 79.9. The van der Waals surface area contributed by atoms with Crippen LogP contribution in [0.15, 0.2) is 58.0 Å². The van der Waals surface area contributed by atoms with Crippen molar-refractivity contribution < 1.29 is 13.2 Å². The van der Waals surface area contributed by atoms with Crippen LogP contribution in [-0.4, -0.2) is 31.3 Å². The molecule has 0 bridgehead atoms. The Labute approximate surface area is 196 Å². The molecule has 1 heterocycles. The summed E-state index contributed by atoms with van der Waals surface area (Å²) in [5.74, 6) is 0.156. The van der Waals surface area contributed by atoms with Crippen molar-refractivity contribution >= 4 is 55.0 Å². The highest BCUT2D eigenvalue weighted by Gasteiger charge is 2.14. The molecule has 0 saturated carbocycles. The summed E-state index contributed by atoms with van der Waals surface area (Å²) in [5, 5.41) is 6.11. The van der Waals surface area contributed by atoms with Crippen molar-refractivity contribution in [3.8, 4) is 0 Å². The molecule has 2 aromatic carbocycles. The van der Waals surface area contributed by atoms with Gasteiger partial charge in [-0.25, -0.2) is 18.1 Å². The lowest BCUT2D eigenvalue weighted by molar-refractivity contribution is 0.100. The van der Waals surface area contributed by atoms with Gasteiger partial charge in [-0.1, -0.05) is 26.0 Å². The predicted molar refractivity (Wildman–Crippen MR) is 130 cm³/mol. The molecule has 11 heteroatoms. The van der Waals surface area contributed by atoms with Gasteiger partial charge in [-0.3, -0.25) is 4.79 Å². The van der Waals surface area contributed by atoms with Crippen LogP contribution in [0.3, 0.4) is 0 Å². The number of anilines is 4. The molecule has 0 radical (unpaired) electrons.